The first-order chi connectivity index (χ1) is 9.71. The first-order valence-electron chi connectivity index (χ1n) is 6.97. The summed E-state index contributed by atoms with van der Waals surface area (Å²) in [6.45, 7) is 9.41. The van der Waals surface area contributed by atoms with Gasteiger partial charge in [-0.15, -0.1) is 0 Å². The van der Waals surface area contributed by atoms with Gasteiger partial charge in [0.2, 0.25) is 0 Å². The van der Waals surface area contributed by atoms with Crippen molar-refractivity contribution in [3.63, 3.8) is 0 Å². The van der Waals surface area contributed by atoms with Gasteiger partial charge < -0.3 is 14.2 Å². The molecule has 1 rings (SSSR count). The topological polar surface area (TPSA) is 44.8 Å². The van der Waals surface area contributed by atoms with E-state index in [1.54, 1.807) is 13.2 Å². The van der Waals surface area contributed by atoms with Crippen LogP contribution in [0, 0.1) is 0 Å². The minimum absolute atomic E-state index is 0.0713. The molecule has 21 heavy (non-hydrogen) atoms. The molecule has 0 bridgehead atoms. The summed E-state index contributed by atoms with van der Waals surface area (Å²) in [6, 6.07) is 5.51. The van der Waals surface area contributed by atoms with Crippen molar-refractivity contribution in [1.29, 1.82) is 0 Å². The van der Waals surface area contributed by atoms with Crippen LogP contribution in [0.15, 0.2) is 24.3 Å². The summed E-state index contributed by atoms with van der Waals surface area (Å²) in [4.78, 5) is 11.6. The van der Waals surface area contributed by atoms with Crippen LogP contribution in [0.5, 0.6) is 11.5 Å². The number of carbonyl (C=O) groups is 1. The minimum Gasteiger partial charge on any atom is -0.493 e. The number of benzene rings is 1. The van der Waals surface area contributed by atoms with E-state index in [0.717, 1.165) is 5.56 Å². The van der Waals surface area contributed by atoms with E-state index in [1.165, 1.54) is 6.08 Å². The number of hydrogen-bond acceptors (Lipinski definition) is 4. The normalized spacial score (nSPS) is 11.8. The Kier molecular flexibility index (Phi) is 5.82. The molecule has 0 aliphatic heterocycles. The van der Waals surface area contributed by atoms with E-state index in [4.69, 9.17) is 14.2 Å². The molecule has 4 heteroatoms. The molecule has 1 aromatic rings. The van der Waals surface area contributed by atoms with Gasteiger partial charge in [-0.05, 0) is 58.4 Å². The molecule has 4 nitrogen and oxygen atoms in total. The maximum atomic E-state index is 11.6. The van der Waals surface area contributed by atoms with Crippen LogP contribution in [0.2, 0.25) is 0 Å². The predicted molar refractivity (Wildman–Crippen MR) is 83.6 cm³/mol. The van der Waals surface area contributed by atoms with Gasteiger partial charge in [-0.3, -0.25) is 0 Å². The summed E-state index contributed by atoms with van der Waals surface area (Å²) in [6.07, 6.45) is 3.17. The molecule has 0 spiro atoms. The lowest BCUT2D eigenvalue weighted by Gasteiger charge is -2.18. The molecule has 0 atom stereocenters. The van der Waals surface area contributed by atoms with Gasteiger partial charge in [0.05, 0.1) is 13.2 Å². The van der Waals surface area contributed by atoms with Crippen molar-refractivity contribution in [3.05, 3.63) is 29.8 Å². The number of hydrogen-bond donors (Lipinski definition) is 0. The summed E-state index contributed by atoms with van der Waals surface area (Å²) in [5.41, 5.74) is 0.350. The van der Waals surface area contributed by atoms with Gasteiger partial charge >= 0.3 is 5.97 Å². The number of methoxy groups -OCH3 is 1. The smallest absolute Gasteiger partial charge is 0.331 e. The Bertz CT molecular complexity index is 510. The average Bonchev–Trinajstić information content (AvgIpc) is 2.34. The fourth-order valence-electron chi connectivity index (χ4n) is 1.64. The van der Waals surface area contributed by atoms with E-state index in [9.17, 15) is 4.79 Å². The molecule has 0 saturated heterocycles. The van der Waals surface area contributed by atoms with Crippen LogP contribution in [0.3, 0.4) is 0 Å². The lowest BCUT2D eigenvalue weighted by molar-refractivity contribution is -0.148. The van der Waals surface area contributed by atoms with Crippen molar-refractivity contribution < 1.29 is 19.0 Å². The zero-order chi connectivity index (χ0) is 16.0. The number of carbonyl (C=O) groups excluding carboxylic acids is 1. The molecular formula is C17H24O4. The van der Waals surface area contributed by atoms with E-state index >= 15 is 0 Å². The zero-order valence-electron chi connectivity index (χ0n) is 13.6. The van der Waals surface area contributed by atoms with Crippen LogP contribution in [0.4, 0.5) is 0 Å². The maximum Gasteiger partial charge on any atom is 0.331 e. The number of rotatable bonds is 5. The lowest BCUT2D eigenvalue weighted by Crippen LogP contribution is -2.22. The largest absolute Gasteiger partial charge is 0.493 e. The Labute approximate surface area is 126 Å². The van der Waals surface area contributed by atoms with Gasteiger partial charge in [0.15, 0.2) is 11.5 Å². The zero-order valence-corrected chi connectivity index (χ0v) is 13.6. The average molecular weight is 292 g/mol. The molecular weight excluding hydrogens is 268 g/mol. The van der Waals surface area contributed by atoms with E-state index < -0.39 is 5.60 Å². The second-order valence-corrected chi connectivity index (χ2v) is 5.94. The SMILES string of the molecule is COc1cc(/C=C/C(=O)OC(C)(C)C)ccc1OC(C)C. The van der Waals surface area contributed by atoms with Crippen LogP contribution < -0.4 is 9.47 Å². The Hall–Kier alpha value is -1.97. The van der Waals surface area contributed by atoms with Crippen molar-refractivity contribution in [2.24, 2.45) is 0 Å². The molecule has 0 radical (unpaired) electrons. The summed E-state index contributed by atoms with van der Waals surface area (Å²) in [5, 5.41) is 0. The first kappa shape index (κ1) is 17.1. The molecule has 0 amide bonds. The van der Waals surface area contributed by atoms with Crippen LogP contribution >= 0.6 is 0 Å². The van der Waals surface area contributed by atoms with Crippen molar-refractivity contribution >= 4 is 12.0 Å². The highest BCUT2D eigenvalue weighted by molar-refractivity contribution is 5.87. The van der Waals surface area contributed by atoms with Crippen LogP contribution in [-0.4, -0.2) is 24.8 Å². The van der Waals surface area contributed by atoms with E-state index in [1.807, 2.05) is 52.8 Å². The summed E-state index contributed by atoms with van der Waals surface area (Å²) in [7, 11) is 1.59. The molecule has 0 N–H and O–H groups in total. The molecule has 0 aliphatic carbocycles. The van der Waals surface area contributed by atoms with E-state index in [0.29, 0.717) is 11.5 Å². The third kappa shape index (κ3) is 6.34. The van der Waals surface area contributed by atoms with Crippen molar-refractivity contribution in [1.82, 2.24) is 0 Å². The van der Waals surface area contributed by atoms with E-state index in [-0.39, 0.29) is 12.1 Å². The van der Waals surface area contributed by atoms with Crippen molar-refractivity contribution in [3.8, 4) is 11.5 Å². The minimum atomic E-state index is -0.492. The molecule has 0 fully saturated rings. The Balaban J connectivity index is 2.83. The molecule has 116 valence electrons. The first-order valence-corrected chi connectivity index (χ1v) is 6.97. The Morgan fingerprint density at radius 2 is 1.86 bits per heavy atom. The van der Waals surface area contributed by atoms with Gasteiger partial charge in [-0.25, -0.2) is 4.79 Å². The third-order valence-electron chi connectivity index (χ3n) is 2.37. The van der Waals surface area contributed by atoms with Gasteiger partial charge in [0.1, 0.15) is 5.60 Å². The molecule has 0 unspecified atom stereocenters. The van der Waals surface area contributed by atoms with Gasteiger partial charge in [0.25, 0.3) is 0 Å². The van der Waals surface area contributed by atoms with Crippen molar-refractivity contribution in [2.45, 2.75) is 46.3 Å². The van der Waals surface area contributed by atoms with Gasteiger partial charge in [-0.1, -0.05) is 6.07 Å². The fourth-order valence-corrected chi connectivity index (χ4v) is 1.64. The Morgan fingerprint density at radius 3 is 2.38 bits per heavy atom. The summed E-state index contributed by atoms with van der Waals surface area (Å²) < 4.78 is 16.2. The highest BCUT2D eigenvalue weighted by Crippen LogP contribution is 2.29. The summed E-state index contributed by atoms with van der Waals surface area (Å²) >= 11 is 0. The van der Waals surface area contributed by atoms with E-state index in [2.05, 4.69) is 0 Å². The predicted octanol–water partition coefficient (Wildman–Crippen LogP) is 3.84. The highest BCUT2D eigenvalue weighted by Gasteiger charge is 2.14. The maximum absolute atomic E-state index is 11.6. The van der Waals surface area contributed by atoms with Crippen LogP contribution in [0.1, 0.15) is 40.2 Å². The highest BCUT2D eigenvalue weighted by atomic mass is 16.6. The van der Waals surface area contributed by atoms with Crippen molar-refractivity contribution in [2.75, 3.05) is 7.11 Å². The fraction of sp³-hybridized carbons (Fsp3) is 0.471. The van der Waals surface area contributed by atoms with Crippen LogP contribution in [-0.2, 0) is 9.53 Å². The second kappa shape index (κ2) is 7.16. The van der Waals surface area contributed by atoms with Crippen LogP contribution in [0.25, 0.3) is 6.08 Å². The molecule has 0 aromatic heterocycles. The quantitative estimate of drug-likeness (QED) is 0.611. The third-order valence-corrected chi connectivity index (χ3v) is 2.37. The lowest BCUT2D eigenvalue weighted by atomic mass is 10.1. The summed E-state index contributed by atoms with van der Waals surface area (Å²) in [5.74, 6) is 0.945. The second-order valence-electron chi connectivity index (χ2n) is 5.94. The molecule has 0 aliphatic rings. The van der Waals surface area contributed by atoms with Gasteiger partial charge in [0, 0.05) is 6.08 Å². The molecule has 0 saturated carbocycles. The Morgan fingerprint density at radius 1 is 1.19 bits per heavy atom. The van der Waals surface area contributed by atoms with Gasteiger partial charge in [-0.2, -0.15) is 0 Å². The monoisotopic (exact) mass is 292 g/mol. The molecule has 0 heterocycles. The molecule has 1 aromatic carbocycles. The number of ether oxygens (including phenoxy) is 3. The standard InChI is InChI=1S/C17H24O4/c1-12(2)20-14-9-7-13(11-15(14)19-6)8-10-16(18)21-17(3,4)5/h7-12H,1-6H3/b10-8+. The number of esters is 1.